The van der Waals surface area contributed by atoms with Gasteiger partial charge in [-0.3, -0.25) is 0 Å². The first-order valence-electron chi connectivity index (χ1n) is 3.70. The molecule has 0 saturated heterocycles. The summed E-state index contributed by atoms with van der Waals surface area (Å²) >= 11 is 0. The van der Waals surface area contributed by atoms with Crippen LogP contribution in [0, 0.1) is 5.21 Å². The van der Waals surface area contributed by atoms with Crippen molar-refractivity contribution in [3.63, 3.8) is 0 Å². The van der Waals surface area contributed by atoms with Gasteiger partial charge in [0.25, 0.3) is 0 Å². The third kappa shape index (κ3) is 2.45. The maximum Gasteiger partial charge on any atom is 0.416 e. The Bertz CT molecular complexity index is 310. The minimum atomic E-state index is -4.59. The van der Waals surface area contributed by atoms with E-state index in [1.54, 1.807) is 6.07 Å². The van der Waals surface area contributed by atoms with E-state index in [2.05, 4.69) is 5.11 Å². The van der Waals surface area contributed by atoms with Gasteiger partial charge in [-0.2, -0.15) is 18.3 Å². The fourth-order valence-corrected chi connectivity index (χ4v) is 1.00. The van der Waals surface area contributed by atoms with E-state index in [0.717, 1.165) is 0 Å². The van der Waals surface area contributed by atoms with E-state index >= 15 is 0 Å². The second-order valence-electron chi connectivity index (χ2n) is 2.55. The molecule has 0 aromatic heterocycles. The van der Waals surface area contributed by atoms with Crippen LogP contribution in [0.1, 0.15) is 11.6 Å². The van der Waals surface area contributed by atoms with Crippen molar-refractivity contribution < 1.29 is 13.2 Å². The van der Waals surface area contributed by atoms with Crippen molar-refractivity contribution in [1.29, 1.82) is 0 Å². The van der Waals surface area contributed by atoms with Gasteiger partial charge in [0, 0.05) is 0 Å². The van der Waals surface area contributed by atoms with Crippen LogP contribution < -0.4 is 0 Å². The second-order valence-corrected chi connectivity index (χ2v) is 2.55. The van der Waals surface area contributed by atoms with Crippen molar-refractivity contribution in [2.45, 2.75) is 12.2 Å². The summed E-state index contributed by atoms with van der Waals surface area (Å²) in [6.07, 6.45) is -4.59. The van der Waals surface area contributed by atoms with Crippen molar-refractivity contribution in [1.82, 2.24) is 0 Å². The van der Waals surface area contributed by atoms with Crippen LogP contribution in [0.4, 0.5) is 13.2 Å². The Morgan fingerprint density at radius 3 is 2.14 bits per heavy atom. The lowest BCUT2D eigenvalue weighted by molar-refractivity contribution is -0.149. The highest BCUT2D eigenvalue weighted by atomic mass is 19.4. The molecule has 0 amide bonds. The van der Waals surface area contributed by atoms with Crippen LogP contribution in [-0.2, 0) is 0 Å². The molecule has 0 bridgehead atoms. The molecule has 0 fully saturated rings. The molecule has 0 N–H and O–H groups in total. The molecule has 1 aromatic carbocycles. The molecule has 1 aromatic rings. The Morgan fingerprint density at radius 2 is 1.71 bits per heavy atom. The number of alkyl halides is 3. The molecule has 0 radical (unpaired) electrons. The van der Waals surface area contributed by atoms with Gasteiger partial charge in [-0.05, 0) is 5.56 Å². The highest BCUT2D eigenvalue weighted by molar-refractivity contribution is 5.20. The molecule has 1 unspecified atom stereocenters. The van der Waals surface area contributed by atoms with Crippen molar-refractivity contribution in [2.75, 3.05) is 0 Å². The van der Waals surface area contributed by atoms with E-state index in [-0.39, 0.29) is 5.56 Å². The fraction of sp³-hybridized carbons (Fsp3) is 0.250. The van der Waals surface area contributed by atoms with Gasteiger partial charge in [0.2, 0.25) is 0 Å². The van der Waals surface area contributed by atoms with Gasteiger partial charge >= 0.3 is 6.18 Å². The van der Waals surface area contributed by atoms with E-state index in [1.807, 2.05) is 5.28 Å². The van der Waals surface area contributed by atoms with Crippen LogP contribution in [0.5, 0.6) is 0 Å². The summed E-state index contributed by atoms with van der Waals surface area (Å²) in [4.78, 5) is 0. The number of hydrogen-bond acceptors (Lipinski definition) is 3. The Kier molecular flexibility index (Phi) is 3.06. The highest BCUT2D eigenvalue weighted by Crippen LogP contribution is 2.35. The first-order chi connectivity index (χ1) is 6.55. The molecule has 0 saturated carbocycles. The Morgan fingerprint density at radius 1 is 1.14 bits per heavy atom. The fourth-order valence-electron chi connectivity index (χ4n) is 1.00. The summed E-state index contributed by atoms with van der Waals surface area (Å²) in [5.41, 5.74) is -0.0976. The van der Waals surface area contributed by atoms with Crippen molar-refractivity contribution >= 4 is 0 Å². The summed E-state index contributed by atoms with van der Waals surface area (Å²) in [6.45, 7) is 0. The molecule has 0 aliphatic rings. The van der Waals surface area contributed by atoms with E-state index in [9.17, 15) is 18.4 Å². The van der Waals surface area contributed by atoms with Gasteiger partial charge < -0.3 is 5.21 Å². The molecule has 6 heteroatoms. The van der Waals surface area contributed by atoms with Gasteiger partial charge in [-0.15, -0.1) is 0 Å². The lowest BCUT2D eigenvalue weighted by atomic mass is 10.1. The maximum absolute atomic E-state index is 12.3. The summed E-state index contributed by atoms with van der Waals surface area (Å²) in [7, 11) is 0. The third-order valence-electron chi connectivity index (χ3n) is 1.59. The summed E-state index contributed by atoms with van der Waals surface area (Å²) in [5.74, 6) is 0. The molecule has 0 aliphatic heterocycles. The van der Waals surface area contributed by atoms with Crippen molar-refractivity contribution in [3.05, 3.63) is 41.1 Å². The first-order valence-corrected chi connectivity index (χ1v) is 3.70. The smallest absolute Gasteiger partial charge is 0.416 e. The SMILES string of the molecule is [O-]N=NC(c1ccccc1)C(F)(F)F. The molecular formula is C8H6F3N2O-. The number of halogens is 3. The zero-order valence-corrected chi connectivity index (χ0v) is 6.90. The number of rotatable bonds is 2. The minimum Gasteiger partial charge on any atom is -0.775 e. The second kappa shape index (κ2) is 4.08. The highest BCUT2D eigenvalue weighted by Gasteiger charge is 2.41. The average molecular weight is 203 g/mol. The summed E-state index contributed by atoms with van der Waals surface area (Å²) in [5, 5.41) is 14.3. The summed E-state index contributed by atoms with van der Waals surface area (Å²) in [6, 6.07) is 4.77. The van der Waals surface area contributed by atoms with Crippen LogP contribution >= 0.6 is 0 Å². The van der Waals surface area contributed by atoms with Crippen LogP contribution in [0.3, 0.4) is 0 Å². The normalized spacial score (nSPS) is 14.5. The maximum atomic E-state index is 12.3. The molecule has 1 rings (SSSR count). The van der Waals surface area contributed by atoms with E-state index in [4.69, 9.17) is 0 Å². The van der Waals surface area contributed by atoms with E-state index in [0.29, 0.717) is 0 Å². The van der Waals surface area contributed by atoms with E-state index in [1.165, 1.54) is 24.3 Å². The largest absolute Gasteiger partial charge is 0.775 e. The lowest BCUT2D eigenvalue weighted by Gasteiger charge is -2.15. The van der Waals surface area contributed by atoms with E-state index < -0.39 is 12.2 Å². The molecule has 3 nitrogen and oxygen atoms in total. The Balaban J connectivity index is 3.01. The molecule has 76 valence electrons. The molecule has 0 aliphatic carbocycles. The zero-order chi connectivity index (χ0) is 10.6. The number of benzene rings is 1. The Labute approximate surface area is 77.9 Å². The predicted octanol–water partition coefficient (Wildman–Crippen LogP) is 3.24. The Hall–Kier alpha value is -1.59. The van der Waals surface area contributed by atoms with Gasteiger partial charge in [-0.1, -0.05) is 30.3 Å². The monoisotopic (exact) mass is 203 g/mol. The predicted molar refractivity (Wildman–Crippen MR) is 43.5 cm³/mol. The quantitative estimate of drug-likeness (QED) is 0.537. The van der Waals surface area contributed by atoms with Crippen LogP contribution in [0.25, 0.3) is 0 Å². The van der Waals surface area contributed by atoms with Gasteiger partial charge in [0.1, 0.15) is 0 Å². The third-order valence-corrected chi connectivity index (χ3v) is 1.59. The lowest BCUT2D eigenvalue weighted by Crippen LogP contribution is -2.18. The topological polar surface area (TPSA) is 47.8 Å². The molecule has 0 heterocycles. The molecule has 14 heavy (non-hydrogen) atoms. The van der Waals surface area contributed by atoms with Gasteiger partial charge in [0.05, 0.1) is 0 Å². The summed E-state index contributed by atoms with van der Waals surface area (Å²) < 4.78 is 36.9. The zero-order valence-electron chi connectivity index (χ0n) is 6.90. The van der Waals surface area contributed by atoms with Crippen molar-refractivity contribution in [3.8, 4) is 0 Å². The molecule has 1 atom stereocenters. The number of hydrogen-bond donors (Lipinski definition) is 0. The molecule has 0 spiro atoms. The first kappa shape index (κ1) is 10.5. The average Bonchev–Trinajstić information content (AvgIpc) is 2.14. The van der Waals surface area contributed by atoms with Gasteiger partial charge in [0.15, 0.2) is 6.04 Å². The van der Waals surface area contributed by atoms with Crippen LogP contribution in [0.15, 0.2) is 40.7 Å². The van der Waals surface area contributed by atoms with Crippen LogP contribution in [0.2, 0.25) is 0 Å². The number of nitrogens with zero attached hydrogens (tertiary/aromatic N) is 2. The standard InChI is InChI=1S/C8H7F3N2O/c9-8(10,11)7(12-13-14)6-4-2-1-3-5-6/h1-5,7H,(H,12,14)/p-1. The van der Waals surface area contributed by atoms with Crippen molar-refractivity contribution in [2.24, 2.45) is 10.4 Å². The van der Waals surface area contributed by atoms with Crippen LogP contribution in [-0.4, -0.2) is 6.18 Å². The van der Waals surface area contributed by atoms with Gasteiger partial charge in [-0.25, -0.2) is 5.28 Å². The molecular weight excluding hydrogens is 197 g/mol. The minimum absolute atomic E-state index is 0.0976.